The molecular formula is C21H30N2O3. The standard InChI is InChI=1S/C21H30N2O3/c1-26-19-5-3-17(4-6-19)21(25)18-10-14-23(15-11-18)20(24)7-2-16-8-12-22-13-9-16/h3-6,16,18,22H,2,7-15H2,1H3. The third-order valence-corrected chi connectivity index (χ3v) is 5.82. The highest BCUT2D eigenvalue weighted by atomic mass is 16.5. The Kier molecular flexibility index (Phi) is 6.67. The lowest BCUT2D eigenvalue weighted by Gasteiger charge is -2.32. The number of hydrogen-bond acceptors (Lipinski definition) is 4. The Hall–Kier alpha value is -1.88. The summed E-state index contributed by atoms with van der Waals surface area (Å²) >= 11 is 0. The van der Waals surface area contributed by atoms with Gasteiger partial charge in [-0.15, -0.1) is 0 Å². The number of ether oxygens (including phenoxy) is 1. The molecule has 3 rings (SSSR count). The largest absolute Gasteiger partial charge is 0.497 e. The second-order valence-electron chi connectivity index (χ2n) is 7.48. The molecule has 5 heteroatoms. The van der Waals surface area contributed by atoms with Crippen LogP contribution in [0.5, 0.6) is 5.75 Å². The zero-order valence-corrected chi connectivity index (χ0v) is 15.7. The van der Waals surface area contributed by atoms with Crippen LogP contribution in [0, 0.1) is 11.8 Å². The summed E-state index contributed by atoms with van der Waals surface area (Å²) < 4.78 is 5.14. The Morgan fingerprint density at radius 1 is 1.08 bits per heavy atom. The molecular weight excluding hydrogens is 328 g/mol. The number of carbonyl (C=O) groups is 2. The van der Waals surface area contributed by atoms with Crippen LogP contribution >= 0.6 is 0 Å². The number of amides is 1. The summed E-state index contributed by atoms with van der Waals surface area (Å²) in [5.74, 6) is 1.93. The molecule has 2 saturated heterocycles. The van der Waals surface area contributed by atoms with E-state index in [0.717, 1.165) is 43.7 Å². The van der Waals surface area contributed by atoms with E-state index in [1.807, 2.05) is 29.2 Å². The van der Waals surface area contributed by atoms with Crippen molar-refractivity contribution in [3.05, 3.63) is 29.8 Å². The number of piperidine rings is 2. The number of rotatable bonds is 6. The number of methoxy groups -OCH3 is 1. The molecule has 0 radical (unpaired) electrons. The van der Waals surface area contributed by atoms with E-state index in [9.17, 15) is 9.59 Å². The zero-order chi connectivity index (χ0) is 18.4. The molecule has 2 fully saturated rings. The first kappa shape index (κ1) is 18.9. The van der Waals surface area contributed by atoms with E-state index in [2.05, 4.69) is 5.32 Å². The Bertz CT molecular complexity index is 600. The van der Waals surface area contributed by atoms with Crippen LogP contribution in [-0.2, 0) is 4.79 Å². The fraction of sp³-hybridized carbons (Fsp3) is 0.619. The molecule has 5 nitrogen and oxygen atoms in total. The number of benzene rings is 1. The smallest absolute Gasteiger partial charge is 0.222 e. The molecule has 1 amide bonds. The average molecular weight is 358 g/mol. The average Bonchev–Trinajstić information content (AvgIpc) is 2.72. The lowest BCUT2D eigenvalue weighted by molar-refractivity contribution is -0.132. The van der Waals surface area contributed by atoms with E-state index in [4.69, 9.17) is 4.74 Å². The number of nitrogens with one attached hydrogen (secondary N) is 1. The van der Waals surface area contributed by atoms with Gasteiger partial charge in [-0.1, -0.05) is 0 Å². The molecule has 0 saturated carbocycles. The summed E-state index contributed by atoms with van der Waals surface area (Å²) in [7, 11) is 1.62. The van der Waals surface area contributed by atoms with E-state index in [-0.39, 0.29) is 17.6 Å². The predicted octanol–water partition coefficient (Wildman–Crippen LogP) is 2.90. The second-order valence-corrected chi connectivity index (χ2v) is 7.48. The maximum atomic E-state index is 12.7. The normalized spacial score (nSPS) is 19.3. The summed E-state index contributed by atoms with van der Waals surface area (Å²) in [6.07, 6.45) is 5.57. The second kappa shape index (κ2) is 9.17. The van der Waals surface area contributed by atoms with Crippen LogP contribution < -0.4 is 10.1 Å². The molecule has 1 aromatic rings. The van der Waals surface area contributed by atoms with E-state index < -0.39 is 0 Å². The highest BCUT2D eigenvalue weighted by Gasteiger charge is 2.28. The van der Waals surface area contributed by atoms with Gasteiger partial charge >= 0.3 is 0 Å². The Morgan fingerprint density at radius 2 is 1.73 bits per heavy atom. The van der Waals surface area contributed by atoms with Crippen molar-refractivity contribution in [3.63, 3.8) is 0 Å². The minimum absolute atomic E-state index is 0.0249. The van der Waals surface area contributed by atoms with Gasteiger partial charge in [-0.3, -0.25) is 9.59 Å². The Balaban J connectivity index is 1.44. The molecule has 2 heterocycles. The summed E-state index contributed by atoms with van der Waals surface area (Å²) in [5.41, 5.74) is 0.737. The van der Waals surface area contributed by atoms with Crippen LogP contribution in [0.1, 0.15) is 48.9 Å². The van der Waals surface area contributed by atoms with Gasteiger partial charge < -0.3 is 15.0 Å². The Morgan fingerprint density at radius 3 is 2.35 bits per heavy atom. The minimum atomic E-state index is 0.0249. The van der Waals surface area contributed by atoms with E-state index in [1.165, 1.54) is 12.8 Å². The fourth-order valence-electron chi connectivity index (χ4n) is 4.04. The van der Waals surface area contributed by atoms with Crippen molar-refractivity contribution < 1.29 is 14.3 Å². The molecule has 2 aliphatic heterocycles. The molecule has 142 valence electrons. The number of hydrogen-bond donors (Lipinski definition) is 1. The van der Waals surface area contributed by atoms with Crippen molar-refractivity contribution in [2.75, 3.05) is 33.3 Å². The molecule has 0 atom stereocenters. The number of Topliss-reactive ketones (excluding diaryl/α,β-unsaturated/α-hetero) is 1. The minimum Gasteiger partial charge on any atom is -0.497 e. The van der Waals surface area contributed by atoms with Gasteiger partial charge in [0.1, 0.15) is 5.75 Å². The van der Waals surface area contributed by atoms with Gasteiger partial charge in [0, 0.05) is 31.0 Å². The Labute approximate surface area is 156 Å². The predicted molar refractivity (Wildman–Crippen MR) is 101 cm³/mol. The van der Waals surface area contributed by atoms with E-state index in [0.29, 0.717) is 25.4 Å². The molecule has 1 aromatic carbocycles. The SMILES string of the molecule is COc1ccc(C(=O)C2CCN(C(=O)CCC3CCNCC3)CC2)cc1. The highest BCUT2D eigenvalue weighted by Crippen LogP contribution is 2.24. The highest BCUT2D eigenvalue weighted by molar-refractivity contribution is 5.98. The number of likely N-dealkylation sites (tertiary alicyclic amines) is 1. The van der Waals surface area contributed by atoms with Crippen molar-refractivity contribution in [1.82, 2.24) is 10.2 Å². The first-order chi connectivity index (χ1) is 12.7. The fourth-order valence-corrected chi connectivity index (χ4v) is 4.04. The van der Waals surface area contributed by atoms with Crippen molar-refractivity contribution in [2.24, 2.45) is 11.8 Å². The molecule has 1 N–H and O–H groups in total. The molecule has 0 aliphatic carbocycles. The molecule has 0 spiro atoms. The number of carbonyl (C=O) groups excluding carboxylic acids is 2. The van der Waals surface area contributed by atoms with E-state index in [1.54, 1.807) is 7.11 Å². The van der Waals surface area contributed by atoms with Crippen molar-refractivity contribution in [1.29, 1.82) is 0 Å². The monoisotopic (exact) mass is 358 g/mol. The third kappa shape index (κ3) is 4.85. The zero-order valence-electron chi connectivity index (χ0n) is 15.7. The van der Waals surface area contributed by atoms with Crippen LogP contribution in [0.4, 0.5) is 0 Å². The van der Waals surface area contributed by atoms with Gasteiger partial charge in [-0.05, 0) is 75.4 Å². The molecule has 2 aliphatic rings. The van der Waals surface area contributed by atoms with Gasteiger partial charge in [0.15, 0.2) is 5.78 Å². The summed E-state index contributed by atoms with van der Waals surface area (Å²) in [6, 6.07) is 7.31. The summed E-state index contributed by atoms with van der Waals surface area (Å²) in [5, 5.41) is 3.37. The van der Waals surface area contributed by atoms with Crippen LogP contribution in [0.3, 0.4) is 0 Å². The summed E-state index contributed by atoms with van der Waals surface area (Å²) in [4.78, 5) is 27.1. The quantitative estimate of drug-likeness (QED) is 0.795. The van der Waals surface area contributed by atoms with Crippen LogP contribution in [0.15, 0.2) is 24.3 Å². The number of ketones is 1. The molecule has 0 bridgehead atoms. The van der Waals surface area contributed by atoms with Gasteiger partial charge in [0.25, 0.3) is 0 Å². The first-order valence-electron chi connectivity index (χ1n) is 9.84. The van der Waals surface area contributed by atoms with Crippen molar-refractivity contribution in [2.45, 2.75) is 38.5 Å². The summed E-state index contributed by atoms with van der Waals surface area (Å²) in [6.45, 7) is 3.57. The first-order valence-corrected chi connectivity index (χ1v) is 9.84. The van der Waals surface area contributed by atoms with Gasteiger partial charge in [-0.25, -0.2) is 0 Å². The molecule has 0 unspecified atom stereocenters. The lowest BCUT2D eigenvalue weighted by Crippen LogP contribution is -2.40. The lowest BCUT2D eigenvalue weighted by atomic mass is 9.88. The topological polar surface area (TPSA) is 58.6 Å². The maximum Gasteiger partial charge on any atom is 0.222 e. The molecule has 26 heavy (non-hydrogen) atoms. The van der Waals surface area contributed by atoms with Gasteiger partial charge in [-0.2, -0.15) is 0 Å². The number of nitrogens with zero attached hydrogens (tertiary/aromatic N) is 1. The third-order valence-electron chi connectivity index (χ3n) is 5.82. The van der Waals surface area contributed by atoms with Gasteiger partial charge in [0.05, 0.1) is 7.11 Å². The van der Waals surface area contributed by atoms with Crippen molar-refractivity contribution >= 4 is 11.7 Å². The van der Waals surface area contributed by atoms with E-state index >= 15 is 0 Å². The van der Waals surface area contributed by atoms with Crippen molar-refractivity contribution in [3.8, 4) is 5.75 Å². The van der Waals surface area contributed by atoms with Crippen LogP contribution in [-0.4, -0.2) is 49.9 Å². The maximum absolute atomic E-state index is 12.7. The van der Waals surface area contributed by atoms with Gasteiger partial charge in [0.2, 0.25) is 5.91 Å². The van der Waals surface area contributed by atoms with Crippen LogP contribution in [0.2, 0.25) is 0 Å². The molecule has 0 aromatic heterocycles. The van der Waals surface area contributed by atoms with Crippen LogP contribution in [0.25, 0.3) is 0 Å².